The molecule has 0 aliphatic carbocycles. The van der Waals surface area contributed by atoms with E-state index in [1.54, 1.807) is 11.3 Å². The normalized spacial score (nSPS) is 12.3. The zero-order valence-electron chi connectivity index (χ0n) is 10.1. The summed E-state index contributed by atoms with van der Waals surface area (Å²) in [6, 6.07) is 7.69. The summed E-state index contributed by atoms with van der Waals surface area (Å²) in [7, 11) is 1.94. The van der Waals surface area contributed by atoms with Crippen LogP contribution in [0.4, 0.5) is 0 Å². The van der Waals surface area contributed by atoms with E-state index in [2.05, 4.69) is 10.3 Å². The minimum Gasteiger partial charge on any atom is -0.492 e. The Hall–Kier alpha value is -1.10. The predicted octanol–water partition coefficient (Wildman–Crippen LogP) is 3.01. The van der Waals surface area contributed by atoms with Gasteiger partial charge in [-0.25, -0.2) is 0 Å². The summed E-state index contributed by atoms with van der Waals surface area (Å²) in [6.45, 7) is 0.621. The molecule has 0 spiro atoms. The lowest BCUT2D eigenvalue weighted by molar-refractivity contribution is 0.270. The molecule has 18 heavy (non-hydrogen) atoms. The Morgan fingerprint density at radius 1 is 1.39 bits per heavy atom. The van der Waals surface area contributed by atoms with E-state index in [9.17, 15) is 0 Å². The van der Waals surface area contributed by atoms with Gasteiger partial charge in [-0.05, 0) is 31.3 Å². The van der Waals surface area contributed by atoms with E-state index in [0.29, 0.717) is 6.61 Å². The number of aromatic nitrogens is 1. The van der Waals surface area contributed by atoms with Crippen LogP contribution in [0.15, 0.2) is 36.0 Å². The van der Waals surface area contributed by atoms with Gasteiger partial charge in [0, 0.05) is 28.6 Å². The van der Waals surface area contributed by atoms with Crippen molar-refractivity contribution >= 4 is 22.9 Å². The third kappa shape index (κ3) is 3.98. The summed E-state index contributed by atoms with van der Waals surface area (Å²) >= 11 is 7.49. The lowest BCUT2D eigenvalue weighted by atomic mass is 10.2. The molecule has 1 unspecified atom stereocenters. The molecule has 3 nitrogen and oxygen atoms in total. The average Bonchev–Trinajstić information content (AvgIpc) is 2.89. The van der Waals surface area contributed by atoms with E-state index in [4.69, 9.17) is 16.3 Å². The number of ether oxygens (including phenoxy) is 1. The number of thiazole rings is 1. The van der Waals surface area contributed by atoms with Crippen molar-refractivity contribution < 1.29 is 4.74 Å². The van der Waals surface area contributed by atoms with E-state index in [-0.39, 0.29) is 6.04 Å². The highest BCUT2D eigenvalue weighted by Crippen LogP contribution is 2.16. The monoisotopic (exact) mass is 282 g/mol. The quantitative estimate of drug-likeness (QED) is 0.884. The van der Waals surface area contributed by atoms with Crippen molar-refractivity contribution in [3.63, 3.8) is 0 Å². The second-order valence-electron chi connectivity index (χ2n) is 3.92. The van der Waals surface area contributed by atoms with E-state index in [1.807, 2.05) is 43.0 Å². The van der Waals surface area contributed by atoms with Crippen molar-refractivity contribution in [2.75, 3.05) is 13.7 Å². The Morgan fingerprint density at radius 3 is 2.78 bits per heavy atom. The Labute approximate surface area is 116 Å². The molecule has 2 rings (SSSR count). The molecule has 0 amide bonds. The molecule has 1 atom stereocenters. The number of hydrogen-bond acceptors (Lipinski definition) is 4. The Bertz CT molecular complexity index is 458. The van der Waals surface area contributed by atoms with Crippen LogP contribution in [0.2, 0.25) is 5.02 Å². The third-order valence-corrected chi connectivity index (χ3v) is 3.66. The molecule has 2 aromatic rings. The predicted molar refractivity (Wildman–Crippen MR) is 75.6 cm³/mol. The number of hydrogen-bond donors (Lipinski definition) is 1. The van der Waals surface area contributed by atoms with E-state index < -0.39 is 0 Å². The third-order valence-electron chi connectivity index (χ3n) is 2.60. The van der Waals surface area contributed by atoms with Crippen LogP contribution in [0.3, 0.4) is 0 Å². The first kappa shape index (κ1) is 13.3. The molecule has 0 saturated heterocycles. The van der Waals surface area contributed by atoms with Crippen LogP contribution in [-0.4, -0.2) is 24.7 Å². The Kier molecular flexibility index (Phi) is 4.99. The lowest BCUT2D eigenvalue weighted by Gasteiger charge is -2.16. The van der Waals surface area contributed by atoms with Gasteiger partial charge in [0.2, 0.25) is 0 Å². The molecule has 0 bridgehead atoms. The molecular formula is C13H15ClN2OS. The Morgan fingerprint density at radius 2 is 2.17 bits per heavy atom. The Balaban J connectivity index is 1.85. The summed E-state index contributed by atoms with van der Waals surface area (Å²) in [5.74, 6) is 0.837. The maximum absolute atomic E-state index is 5.82. The summed E-state index contributed by atoms with van der Waals surface area (Å²) in [6.07, 6.45) is 2.83. The van der Waals surface area contributed by atoms with Crippen molar-refractivity contribution in [2.45, 2.75) is 12.5 Å². The molecule has 0 fully saturated rings. The maximum Gasteiger partial charge on any atom is 0.119 e. The van der Waals surface area contributed by atoms with E-state index >= 15 is 0 Å². The van der Waals surface area contributed by atoms with Gasteiger partial charge in [0.25, 0.3) is 0 Å². The topological polar surface area (TPSA) is 34.1 Å². The maximum atomic E-state index is 5.82. The van der Waals surface area contributed by atoms with Crippen LogP contribution in [0.5, 0.6) is 5.75 Å². The van der Waals surface area contributed by atoms with Gasteiger partial charge in [-0.3, -0.25) is 4.98 Å². The summed E-state index contributed by atoms with van der Waals surface area (Å²) in [5, 5.41) is 3.97. The fourth-order valence-electron chi connectivity index (χ4n) is 1.56. The SMILES string of the molecule is CNC(COc1ccc(Cl)cc1)Cc1cncs1. The fourth-order valence-corrected chi connectivity index (χ4v) is 2.36. The van der Waals surface area contributed by atoms with Gasteiger partial charge in [0.15, 0.2) is 0 Å². The average molecular weight is 283 g/mol. The highest BCUT2D eigenvalue weighted by Gasteiger charge is 2.09. The molecule has 1 heterocycles. The number of rotatable bonds is 6. The molecule has 1 aromatic heterocycles. The van der Waals surface area contributed by atoms with Gasteiger partial charge in [-0.15, -0.1) is 11.3 Å². The zero-order valence-corrected chi connectivity index (χ0v) is 11.7. The first-order valence-electron chi connectivity index (χ1n) is 5.71. The summed E-state index contributed by atoms with van der Waals surface area (Å²) < 4.78 is 5.73. The fraction of sp³-hybridized carbons (Fsp3) is 0.308. The van der Waals surface area contributed by atoms with Crippen LogP contribution in [0.25, 0.3) is 0 Å². The first-order valence-corrected chi connectivity index (χ1v) is 6.96. The molecule has 0 aliphatic rings. The van der Waals surface area contributed by atoms with Crippen molar-refractivity contribution in [1.29, 1.82) is 0 Å². The van der Waals surface area contributed by atoms with E-state index in [1.165, 1.54) is 4.88 Å². The van der Waals surface area contributed by atoms with Crippen molar-refractivity contribution in [3.05, 3.63) is 45.9 Å². The number of nitrogens with one attached hydrogen (secondary N) is 1. The largest absolute Gasteiger partial charge is 0.492 e. The molecule has 96 valence electrons. The lowest BCUT2D eigenvalue weighted by Crippen LogP contribution is -2.33. The molecule has 0 saturated carbocycles. The van der Waals surface area contributed by atoms with Crippen LogP contribution >= 0.6 is 22.9 Å². The van der Waals surface area contributed by atoms with Gasteiger partial charge in [-0.1, -0.05) is 11.6 Å². The first-order chi connectivity index (χ1) is 8.78. The highest BCUT2D eigenvalue weighted by atomic mass is 35.5. The van der Waals surface area contributed by atoms with Crippen LogP contribution in [0.1, 0.15) is 4.88 Å². The molecule has 1 aromatic carbocycles. The number of nitrogens with zero attached hydrogens (tertiary/aromatic N) is 1. The van der Waals surface area contributed by atoms with Gasteiger partial charge in [0.1, 0.15) is 12.4 Å². The molecule has 5 heteroatoms. The number of halogens is 1. The molecule has 1 N–H and O–H groups in total. The second-order valence-corrected chi connectivity index (χ2v) is 5.33. The highest BCUT2D eigenvalue weighted by molar-refractivity contribution is 7.09. The smallest absolute Gasteiger partial charge is 0.119 e. The number of benzene rings is 1. The minimum atomic E-state index is 0.279. The minimum absolute atomic E-state index is 0.279. The molecular weight excluding hydrogens is 268 g/mol. The zero-order chi connectivity index (χ0) is 12.8. The van der Waals surface area contributed by atoms with Gasteiger partial charge >= 0.3 is 0 Å². The van der Waals surface area contributed by atoms with Gasteiger partial charge in [0.05, 0.1) is 5.51 Å². The second kappa shape index (κ2) is 6.73. The summed E-state index contributed by atoms with van der Waals surface area (Å²) in [5.41, 5.74) is 1.85. The standard InChI is InChI=1S/C13H15ClN2OS/c1-15-11(6-13-7-16-9-18-13)8-17-12-4-2-10(14)3-5-12/h2-5,7,9,11,15H,6,8H2,1H3. The van der Waals surface area contributed by atoms with Crippen LogP contribution in [0, 0.1) is 0 Å². The van der Waals surface area contributed by atoms with Crippen molar-refractivity contribution in [3.8, 4) is 5.75 Å². The molecule has 0 aliphatic heterocycles. The molecule has 0 radical (unpaired) electrons. The van der Waals surface area contributed by atoms with Crippen LogP contribution in [-0.2, 0) is 6.42 Å². The van der Waals surface area contributed by atoms with Gasteiger partial charge in [-0.2, -0.15) is 0 Å². The van der Waals surface area contributed by atoms with E-state index in [0.717, 1.165) is 17.2 Å². The van der Waals surface area contributed by atoms with Crippen molar-refractivity contribution in [2.24, 2.45) is 0 Å². The van der Waals surface area contributed by atoms with Crippen LogP contribution < -0.4 is 10.1 Å². The summed E-state index contributed by atoms with van der Waals surface area (Å²) in [4.78, 5) is 5.33. The van der Waals surface area contributed by atoms with Gasteiger partial charge < -0.3 is 10.1 Å². The number of likely N-dealkylation sites (N-methyl/N-ethyl adjacent to an activating group) is 1. The van der Waals surface area contributed by atoms with Crippen molar-refractivity contribution in [1.82, 2.24) is 10.3 Å².